The van der Waals surface area contributed by atoms with E-state index in [-0.39, 0.29) is 6.10 Å². The van der Waals surface area contributed by atoms with Gasteiger partial charge in [0.2, 0.25) is 5.91 Å². The summed E-state index contributed by atoms with van der Waals surface area (Å²) in [5, 5.41) is 24.6. The van der Waals surface area contributed by atoms with Gasteiger partial charge in [-0.05, 0) is 50.9 Å². The van der Waals surface area contributed by atoms with E-state index in [1.807, 2.05) is 0 Å². The van der Waals surface area contributed by atoms with Crippen LogP contribution in [0.1, 0.15) is 89.9 Å². The van der Waals surface area contributed by atoms with E-state index in [2.05, 4.69) is 10.6 Å². The Balaban J connectivity index is 1.48. The number of nitrogens with one attached hydrogen (secondary N) is 2. The Morgan fingerprint density at radius 2 is 1.62 bits per heavy atom. The van der Waals surface area contributed by atoms with Crippen molar-refractivity contribution in [1.29, 1.82) is 0 Å². The minimum absolute atomic E-state index is 0.0930. The van der Waals surface area contributed by atoms with Crippen LogP contribution in [-0.4, -0.2) is 59.0 Å². The maximum absolute atomic E-state index is 12.0. The Morgan fingerprint density at radius 1 is 0.969 bits per heavy atom. The lowest BCUT2D eigenvalue weighted by molar-refractivity contribution is -0.139. The zero-order valence-electron chi connectivity index (χ0n) is 19.1. The second kappa shape index (κ2) is 14.3. The van der Waals surface area contributed by atoms with Crippen molar-refractivity contribution in [3.8, 4) is 0 Å². The Morgan fingerprint density at radius 3 is 2.25 bits per heavy atom. The van der Waals surface area contributed by atoms with Gasteiger partial charge >= 0.3 is 12.1 Å². The molecule has 0 aromatic carbocycles. The van der Waals surface area contributed by atoms with Crippen molar-refractivity contribution in [2.45, 2.75) is 114 Å². The molecule has 0 radical (unpaired) electrons. The second-order valence-corrected chi connectivity index (χ2v) is 9.34. The van der Waals surface area contributed by atoms with Crippen molar-refractivity contribution in [3.05, 3.63) is 0 Å². The first-order valence-corrected chi connectivity index (χ1v) is 12.3. The molecular formula is C23H41N3O6. The Labute approximate surface area is 190 Å². The number of aliphatic hydroxyl groups excluding tert-OH is 1. The Hall–Kier alpha value is -1.87. The molecule has 0 spiro atoms. The molecule has 9 nitrogen and oxygen atoms in total. The minimum Gasteiger partial charge on any atom is -0.480 e. The molecule has 3 atom stereocenters. The lowest BCUT2D eigenvalue weighted by Crippen LogP contribution is -2.47. The molecular weight excluding hydrogens is 414 g/mol. The maximum atomic E-state index is 12.0. The monoisotopic (exact) mass is 455 g/mol. The number of unbranched alkanes of at least 4 members (excludes halogenated alkanes) is 4. The standard InChI is InChI=1S/C23H41N3O6/c24-18(15-16-9-8-10-16)20(27)21(28)25-14-7-3-1-2-4-13-19(22(29)30)26-23(31)32-17-11-5-6-12-17/h16-20,27H,1-15,24H2,(H,25,28)(H,26,31)(H,29,30)/t18?,19-,20?/m0/s1. The van der Waals surface area contributed by atoms with E-state index in [4.69, 9.17) is 10.5 Å². The Kier molecular flexibility index (Phi) is 11.8. The predicted molar refractivity (Wildman–Crippen MR) is 120 cm³/mol. The molecule has 0 aromatic heterocycles. The molecule has 0 saturated heterocycles. The number of aliphatic carboxylic acids is 1. The summed E-state index contributed by atoms with van der Waals surface area (Å²) in [5.41, 5.74) is 5.94. The SMILES string of the molecule is NC(CC1CCC1)C(O)C(=O)NCCCCCCC[C@H](NC(=O)OC1CCCC1)C(=O)O. The van der Waals surface area contributed by atoms with Gasteiger partial charge in [-0.15, -0.1) is 0 Å². The molecule has 9 heteroatoms. The molecule has 0 bridgehead atoms. The molecule has 2 fully saturated rings. The van der Waals surface area contributed by atoms with Gasteiger partial charge in [0.1, 0.15) is 18.2 Å². The van der Waals surface area contributed by atoms with E-state index in [1.165, 1.54) is 6.42 Å². The van der Waals surface area contributed by atoms with Crippen LogP contribution in [-0.2, 0) is 14.3 Å². The number of carboxylic acids is 1. The highest BCUT2D eigenvalue weighted by Gasteiger charge is 2.28. The number of ether oxygens (including phenoxy) is 1. The van der Waals surface area contributed by atoms with Crippen LogP contribution in [0.15, 0.2) is 0 Å². The number of carbonyl (C=O) groups excluding carboxylic acids is 2. The van der Waals surface area contributed by atoms with Crippen LogP contribution in [0.4, 0.5) is 4.79 Å². The highest BCUT2D eigenvalue weighted by molar-refractivity contribution is 5.81. The summed E-state index contributed by atoms with van der Waals surface area (Å²) in [7, 11) is 0. The zero-order chi connectivity index (χ0) is 23.3. The third-order valence-electron chi connectivity index (χ3n) is 6.64. The third-order valence-corrected chi connectivity index (χ3v) is 6.64. The molecule has 2 aliphatic carbocycles. The van der Waals surface area contributed by atoms with Gasteiger partial charge in [0, 0.05) is 12.6 Å². The fourth-order valence-electron chi connectivity index (χ4n) is 4.35. The van der Waals surface area contributed by atoms with Crippen molar-refractivity contribution in [2.75, 3.05) is 6.54 Å². The first-order valence-electron chi connectivity index (χ1n) is 12.3. The van der Waals surface area contributed by atoms with Crippen molar-refractivity contribution < 1.29 is 29.3 Å². The average Bonchev–Trinajstić information content (AvgIpc) is 3.23. The number of carboxylic acid groups (broad SMARTS) is 1. The highest BCUT2D eigenvalue weighted by atomic mass is 16.6. The van der Waals surface area contributed by atoms with E-state index < -0.39 is 36.2 Å². The molecule has 184 valence electrons. The topological polar surface area (TPSA) is 151 Å². The van der Waals surface area contributed by atoms with Crippen molar-refractivity contribution in [1.82, 2.24) is 10.6 Å². The van der Waals surface area contributed by atoms with Crippen molar-refractivity contribution in [2.24, 2.45) is 11.7 Å². The van der Waals surface area contributed by atoms with Gasteiger partial charge in [0.25, 0.3) is 0 Å². The molecule has 6 N–H and O–H groups in total. The summed E-state index contributed by atoms with van der Waals surface area (Å²) in [6.07, 6.45) is 10.5. The fraction of sp³-hybridized carbons (Fsp3) is 0.870. The summed E-state index contributed by atoms with van der Waals surface area (Å²) in [6.45, 7) is 0.484. The number of rotatable bonds is 15. The molecule has 2 amide bonds. The van der Waals surface area contributed by atoms with Crippen LogP contribution in [0.5, 0.6) is 0 Å². The van der Waals surface area contributed by atoms with Gasteiger partial charge in [0.05, 0.1) is 0 Å². The molecule has 2 saturated carbocycles. The summed E-state index contributed by atoms with van der Waals surface area (Å²) in [6, 6.07) is -1.44. The smallest absolute Gasteiger partial charge is 0.408 e. The minimum atomic E-state index is -1.16. The summed E-state index contributed by atoms with van der Waals surface area (Å²) >= 11 is 0. The van der Waals surface area contributed by atoms with E-state index in [0.717, 1.165) is 64.2 Å². The zero-order valence-corrected chi connectivity index (χ0v) is 19.1. The average molecular weight is 456 g/mol. The molecule has 32 heavy (non-hydrogen) atoms. The van der Waals surface area contributed by atoms with Gasteiger partial charge in [-0.1, -0.05) is 44.9 Å². The summed E-state index contributed by atoms with van der Waals surface area (Å²) in [5.74, 6) is -0.914. The van der Waals surface area contributed by atoms with Crippen LogP contribution >= 0.6 is 0 Å². The Bertz CT molecular complexity index is 592. The number of hydrogen-bond donors (Lipinski definition) is 5. The van der Waals surface area contributed by atoms with E-state index in [9.17, 15) is 24.6 Å². The first kappa shape index (κ1) is 26.4. The van der Waals surface area contributed by atoms with Crippen LogP contribution in [0.25, 0.3) is 0 Å². The number of alkyl carbamates (subject to hydrolysis) is 1. The van der Waals surface area contributed by atoms with Crippen molar-refractivity contribution in [3.63, 3.8) is 0 Å². The molecule has 0 heterocycles. The van der Waals surface area contributed by atoms with Gasteiger partial charge in [0.15, 0.2) is 0 Å². The number of hydrogen-bond acceptors (Lipinski definition) is 6. The van der Waals surface area contributed by atoms with Gasteiger partial charge in [-0.3, -0.25) is 4.79 Å². The quantitative estimate of drug-likeness (QED) is 0.238. The molecule has 2 unspecified atom stereocenters. The van der Waals surface area contributed by atoms with Gasteiger partial charge in [-0.25, -0.2) is 9.59 Å². The summed E-state index contributed by atoms with van der Waals surface area (Å²) < 4.78 is 5.27. The lowest BCUT2D eigenvalue weighted by atomic mass is 9.80. The fourth-order valence-corrected chi connectivity index (χ4v) is 4.35. The van der Waals surface area contributed by atoms with E-state index in [1.54, 1.807) is 0 Å². The number of aliphatic hydroxyl groups is 1. The molecule has 2 rings (SSSR count). The van der Waals surface area contributed by atoms with Gasteiger partial charge < -0.3 is 31.3 Å². The third kappa shape index (κ3) is 9.73. The lowest BCUT2D eigenvalue weighted by Gasteiger charge is -2.29. The number of carbonyl (C=O) groups is 3. The van der Waals surface area contributed by atoms with Crippen LogP contribution in [0, 0.1) is 5.92 Å². The predicted octanol–water partition coefficient (Wildman–Crippen LogP) is 2.44. The molecule has 2 aliphatic rings. The van der Waals surface area contributed by atoms with E-state index in [0.29, 0.717) is 31.7 Å². The second-order valence-electron chi connectivity index (χ2n) is 9.34. The van der Waals surface area contributed by atoms with Crippen LogP contribution in [0.3, 0.4) is 0 Å². The summed E-state index contributed by atoms with van der Waals surface area (Å²) in [4.78, 5) is 35.3. The van der Waals surface area contributed by atoms with E-state index >= 15 is 0 Å². The van der Waals surface area contributed by atoms with Crippen molar-refractivity contribution >= 4 is 18.0 Å². The molecule has 0 aromatic rings. The van der Waals surface area contributed by atoms with Crippen LogP contribution < -0.4 is 16.4 Å². The van der Waals surface area contributed by atoms with Crippen LogP contribution in [0.2, 0.25) is 0 Å². The largest absolute Gasteiger partial charge is 0.480 e. The normalized spacial score (nSPS) is 19.6. The first-order chi connectivity index (χ1) is 15.4. The highest BCUT2D eigenvalue weighted by Crippen LogP contribution is 2.30. The number of nitrogens with two attached hydrogens (primary N) is 1. The number of amides is 2. The molecule has 0 aliphatic heterocycles. The maximum Gasteiger partial charge on any atom is 0.408 e. The van der Waals surface area contributed by atoms with Gasteiger partial charge in [-0.2, -0.15) is 0 Å².